The number of nitrogens with one attached hydrogen (secondary N) is 3. The van der Waals surface area contributed by atoms with Gasteiger partial charge in [-0.15, -0.1) is 0 Å². The van der Waals surface area contributed by atoms with Crippen LogP contribution in [0.2, 0.25) is 0 Å². The Bertz CT molecular complexity index is 515. The summed E-state index contributed by atoms with van der Waals surface area (Å²) in [5.41, 5.74) is 5.99. The maximum absolute atomic E-state index is 12.3. The highest BCUT2D eigenvalue weighted by atomic mass is 16.2. The van der Waals surface area contributed by atoms with Crippen molar-refractivity contribution in [3.05, 3.63) is 24.3 Å². The Hall–Kier alpha value is -2.08. The zero-order valence-electron chi connectivity index (χ0n) is 13.2. The molecule has 0 fully saturated rings. The lowest BCUT2D eigenvalue weighted by atomic mass is 9.74. The Morgan fingerprint density at radius 2 is 1.38 bits per heavy atom. The van der Waals surface area contributed by atoms with Crippen LogP contribution in [-0.4, -0.2) is 24.5 Å². The number of benzene rings is 1. The topological polar surface area (TPSA) is 96.2 Å². The fraction of sp³-hybridized carbons (Fsp3) is 0.467. The molecule has 1 rings (SSSR count). The largest absolute Gasteiger partial charge is 0.341 e. The number of urea groups is 1. The van der Waals surface area contributed by atoms with E-state index < -0.39 is 11.0 Å². The summed E-state index contributed by atoms with van der Waals surface area (Å²) in [7, 11) is 1.54. The molecule has 0 aliphatic rings. The predicted molar refractivity (Wildman–Crippen MR) is 85.2 cm³/mol. The van der Waals surface area contributed by atoms with Crippen molar-refractivity contribution in [3.8, 4) is 0 Å². The predicted octanol–water partition coefficient (Wildman–Crippen LogP) is 2.14. The SMILES string of the molecule is CNC(=O)Nc1ccc(NC(=O)C(C)(C)C(C)(C)N)cc1. The first kappa shape index (κ1) is 17.0. The average molecular weight is 292 g/mol. The summed E-state index contributed by atoms with van der Waals surface area (Å²) in [6.07, 6.45) is 0. The fourth-order valence-corrected chi connectivity index (χ4v) is 1.41. The lowest BCUT2D eigenvalue weighted by Gasteiger charge is -2.36. The molecule has 1 aromatic carbocycles. The number of nitrogens with two attached hydrogens (primary N) is 1. The molecule has 0 atom stereocenters. The van der Waals surface area contributed by atoms with Crippen molar-refractivity contribution >= 4 is 23.3 Å². The molecule has 21 heavy (non-hydrogen) atoms. The lowest BCUT2D eigenvalue weighted by Crippen LogP contribution is -2.53. The first-order chi connectivity index (χ1) is 9.57. The number of anilines is 2. The number of carbonyl (C=O) groups excluding carboxylic acids is 2. The van der Waals surface area contributed by atoms with Gasteiger partial charge < -0.3 is 21.7 Å². The smallest absolute Gasteiger partial charge is 0.318 e. The van der Waals surface area contributed by atoms with Gasteiger partial charge in [-0.3, -0.25) is 4.79 Å². The van der Waals surface area contributed by atoms with Crippen LogP contribution < -0.4 is 21.7 Å². The van der Waals surface area contributed by atoms with E-state index in [1.54, 1.807) is 31.3 Å². The molecule has 0 spiro atoms. The number of carbonyl (C=O) groups is 2. The molecule has 0 saturated heterocycles. The molecule has 0 aromatic heterocycles. The van der Waals surface area contributed by atoms with Gasteiger partial charge in [-0.1, -0.05) is 0 Å². The Morgan fingerprint density at radius 3 is 1.76 bits per heavy atom. The van der Waals surface area contributed by atoms with Gasteiger partial charge in [0.05, 0.1) is 5.41 Å². The normalized spacial score (nSPS) is 11.7. The minimum atomic E-state index is -0.716. The second-order valence-corrected chi connectivity index (χ2v) is 6.08. The van der Waals surface area contributed by atoms with E-state index >= 15 is 0 Å². The Kier molecular flexibility index (Phi) is 4.96. The van der Waals surface area contributed by atoms with Crippen molar-refractivity contribution in [1.29, 1.82) is 0 Å². The van der Waals surface area contributed by atoms with Crippen LogP contribution in [0.15, 0.2) is 24.3 Å². The van der Waals surface area contributed by atoms with Crippen molar-refractivity contribution in [2.24, 2.45) is 11.1 Å². The second-order valence-electron chi connectivity index (χ2n) is 6.08. The number of hydrogen-bond donors (Lipinski definition) is 4. The van der Waals surface area contributed by atoms with Gasteiger partial charge in [-0.05, 0) is 52.0 Å². The quantitative estimate of drug-likeness (QED) is 0.684. The van der Waals surface area contributed by atoms with E-state index in [0.717, 1.165) is 0 Å². The maximum atomic E-state index is 12.3. The molecule has 6 nitrogen and oxygen atoms in total. The van der Waals surface area contributed by atoms with Gasteiger partial charge in [0, 0.05) is 24.0 Å². The van der Waals surface area contributed by atoms with Gasteiger partial charge in [-0.2, -0.15) is 0 Å². The summed E-state index contributed by atoms with van der Waals surface area (Å²) in [5, 5.41) is 7.94. The summed E-state index contributed by atoms with van der Waals surface area (Å²) in [6.45, 7) is 7.26. The molecular weight excluding hydrogens is 268 g/mol. The molecule has 0 unspecified atom stereocenters. The molecule has 0 heterocycles. The van der Waals surface area contributed by atoms with E-state index in [1.165, 1.54) is 0 Å². The third-order valence-corrected chi connectivity index (χ3v) is 3.81. The van der Waals surface area contributed by atoms with Crippen LogP contribution in [0, 0.1) is 5.41 Å². The van der Waals surface area contributed by atoms with Crippen LogP contribution in [0.5, 0.6) is 0 Å². The third kappa shape index (κ3) is 4.19. The minimum Gasteiger partial charge on any atom is -0.341 e. The van der Waals surface area contributed by atoms with Crippen LogP contribution in [0.25, 0.3) is 0 Å². The van der Waals surface area contributed by atoms with Crippen LogP contribution in [0.1, 0.15) is 27.7 Å². The zero-order chi connectivity index (χ0) is 16.3. The number of rotatable bonds is 4. The molecule has 0 saturated carbocycles. The van der Waals surface area contributed by atoms with E-state index in [2.05, 4.69) is 16.0 Å². The van der Waals surface area contributed by atoms with Crippen LogP contribution >= 0.6 is 0 Å². The molecular formula is C15H24N4O2. The Morgan fingerprint density at radius 1 is 0.952 bits per heavy atom. The van der Waals surface area contributed by atoms with E-state index in [0.29, 0.717) is 11.4 Å². The van der Waals surface area contributed by atoms with Gasteiger partial charge in [0.2, 0.25) is 5.91 Å². The van der Waals surface area contributed by atoms with E-state index in [9.17, 15) is 9.59 Å². The van der Waals surface area contributed by atoms with Crippen molar-refractivity contribution in [3.63, 3.8) is 0 Å². The summed E-state index contributed by atoms with van der Waals surface area (Å²) in [5.74, 6) is -0.151. The van der Waals surface area contributed by atoms with Crippen molar-refractivity contribution in [2.45, 2.75) is 33.2 Å². The first-order valence-electron chi connectivity index (χ1n) is 6.77. The van der Waals surface area contributed by atoms with Gasteiger partial charge in [-0.25, -0.2) is 4.79 Å². The van der Waals surface area contributed by atoms with E-state index in [1.807, 2.05) is 27.7 Å². The Balaban J connectivity index is 2.76. The molecule has 0 aliphatic carbocycles. The molecule has 1 aromatic rings. The highest BCUT2D eigenvalue weighted by molar-refractivity contribution is 5.96. The summed E-state index contributed by atoms with van der Waals surface area (Å²) in [6, 6.07) is 6.58. The summed E-state index contributed by atoms with van der Waals surface area (Å²) < 4.78 is 0. The molecule has 0 radical (unpaired) electrons. The van der Waals surface area contributed by atoms with Crippen LogP contribution in [-0.2, 0) is 4.79 Å². The van der Waals surface area contributed by atoms with Crippen molar-refractivity contribution < 1.29 is 9.59 Å². The van der Waals surface area contributed by atoms with Gasteiger partial charge in [0.25, 0.3) is 0 Å². The maximum Gasteiger partial charge on any atom is 0.318 e. The average Bonchev–Trinajstić information content (AvgIpc) is 2.39. The molecule has 0 bridgehead atoms. The third-order valence-electron chi connectivity index (χ3n) is 3.81. The standard InChI is InChI=1S/C15H24N4O2/c1-14(2,15(3,4)16)12(20)18-10-6-8-11(9-7-10)19-13(21)17-5/h6-9H,16H2,1-5H3,(H,18,20)(H2,17,19,21). The van der Waals surface area contributed by atoms with E-state index in [-0.39, 0.29) is 11.9 Å². The van der Waals surface area contributed by atoms with Crippen LogP contribution in [0.4, 0.5) is 16.2 Å². The number of amides is 3. The monoisotopic (exact) mass is 292 g/mol. The summed E-state index contributed by atoms with van der Waals surface area (Å²) >= 11 is 0. The molecule has 3 amide bonds. The van der Waals surface area contributed by atoms with Gasteiger partial charge in [0.1, 0.15) is 0 Å². The zero-order valence-corrected chi connectivity index (χ0v) is 13.2. The molecule has 0 aliphatic heterocycles. The second kappa shape index (κ2) is 6.13. The van der Waals surface area contributed by atoms with E-state index in [4.69, 9.17) is 5.73 Å². The molecule has 5 N–H and O–H groups in total. The highest BCUT2D eigenvalue weighted by Gasteiger charge is 2.40. The fourth-order valence-electron chi connectivity index (χ4n) is 1.41. The molecule has 116 valence electrons. The lowest BCUT2D eigenvalue weighted by molar-refractivity contribution is -0.126. The molecule has 6 heteroatoms. The van der Waals surface area contributed by atoms with Crippen LogP contribution in [0.3, 0.4) is 0 Å². The first-order valence-corrected chi connectivity index (χ1v) is 6.77. The highest BCUT2D eigenvalue weighted by Crippen LogP contribution is 2.30. The van der Waals surface area contributed by atoms with Gasteiger partial charge >= 0.3 is 6.03 Å². The van der Waals surface area contributed by atoms with Crippen molar-refractivity contribution in [2.75, 3.05) is 17.7 Å². The van der Waals surface area contributed by atoms with Gasteiger partial charge in [0.15, 0.2) is 0 Å². The summed E-state index contributed by atoms with van der Waals surface area (Å²) in [4.78, 5) is 23.5. The number of hydrogen-bond acceptors (Lipinski definition) is 3. The Labute approximate surface area is 125 Å². The van der Waals surface area contributed by atoms with Crippen molar-refractivity contribution in [1.82, 2.24) is 5.32 Å². The minimum absolute atomic E-state index is 0.151.